The van der Waals surface area contributed by atoms with Crippen LogP contribution < -0.4 is 5.73 Å². The third-order valence-electron chi connectivity index (χ3n) is 2.95. The van der Waals surface area contributed by atoms with Crippen molar-refractivity contribution in [1.82, 2.24) is 4.90 Å². The van der Waals surface area contributed by atoms with Crippen LogP contribution in [0.4, 0.5) is 0 Å². The maximum Gasteiger partial charge on any atom is 0.0728 e. The first-order valence-electron chi connectivity index (χ1n) is 4.65. The molecule has 1 heterocycles. The smallest absolute Gasteiger partial charge is 0.0728 e. The van der Waals surface area contributed by atoms with E-state index in [9.17, 15) is 5.11 Å². The molecule has 1 rings (SSSR count). The van der Waals surface area contributed by atoms with Crippen LogP contribution in [0.5, 0.6) is 0 Å². The van der Waals surface area contributed by atoms with Gasteiger partial charge in [-0.2, -0.15) is 0 Å². The van der Waals surface area contributed by atoms with Crippen molar-refractivity contribution < 1.29 is 5.11 Å². The van der Waals surface area contributed by atoms with Crippen molar-refractivity contribution in [3.63, 3.8) is 0 Å². The van der Waals surface area contributed by atoms with Gasteiger partial charge in [0.05, 0.1) is 6.10 Å². The van der Waals surface area contributed by atoms with Crippen molar-refractivity contribution in [2.24, 2.45) is 11.1 Å². The van der Waals surface area contributed by atoms with E-state index in [0.29, 0.717) is 6.54 Å². The topological polar surface area (TPSA) is 49.5 Å². The van der Waals surface area contributed by atoms with E-state index >= 15 is 0 Å². The summed E-state index contributed by atoms with van der Waals surface area (Å²) in [7, 11) is 2.10. The molecule has 0 aliphatic carbocycles. The fourth-order valence-electron chi connectivity index (χ4n) is 2.08. The van der Waals surface area contributed by atoms with Gasteiger partial charge < -0.3 is 15.7 Å². The van der Waals surface area contributed by atoms with Gasteiger partial charge >= 0.3 is 0 Å². The highest BCUT2D eigenvalue weighted by Crippen LogP contribution is 2.31. The van der Waals surface area contributed by atoms with Gasteiger partial charge in [-0.25, -0.2) is 0 Å². The van der Waals surface area contributed by atoms with Crippen LogP contribution in [0.25, 0.3) is 0 Å². The molecule has 3 heteroatoms. The largest absolute Gasteiger partial charge is 0.391 e. The van der Waals surface area contributed by atoms with E-state index in [1.807, 2.05) is 0 Å². The van der Waals surface area contributed by atoms with Gasteiger partial charge in [0.15, 0.2) is 0 Å². The molecule has 0 radical (unpaired) electrons. The van der Waals surface area contributed by atoms with E-state index in [2.05, 4.69) is 18.9 Å². The molecule has 12 heavy (non-hydrogen) atoms. The maximum absolute atomic E-state index is 9.71. The van der Waals surface area contributed by atoms with Gasteiger partial charge in [0, 0.05) is 18.5 Å². The molecule has 72 valence electrons. The Morgan fingerprint density at radius 1 is 1.67 bits per heavy atom. The summed E-state index contributed by atoms with van der Waals surface area (Å²) in [6.45, 7) is 4.61. The van der Waals surface area contributed by atoms with Gasteiger partial charge in [0.1, 0.15) is 0 Å². The number of aliphatic hydroxyl groups excluding tert-OH is 1. The quantitative estimate of drug-likeness (QED) is 0.618. The fourth-order valence-corrected chi connectivity index (χ4v) is 2.08. The zero-order chi connectivity index (χ0) is 9.19. The number of hydrogen-bond acceptors (Lipinski definition) is 3. The molecular weight excluding hydrogens is 152 g/mol. The molecule has 0 saturated carbocycles. The molecule has 0 aromatic heterocycles. The van der Waals surface area contributed by atoms with Gasteiger partial charge in [-0.15, -0.1) is 0 Å². The Labute approximate surface area is 74.5 Å². The molecule has 2 unspecified atom stereocenters. The molecule has 1 fully saturated rings. The molecule has 3 nitrogen and oxygen atoms in total. The maximum atomic E-state index is 9.71. The molecular formula is C9H20N2O. The van der Waals surface area contributed by atoms with Crippen molar-refractivity contribution in [3.05, 3.63) is 0 Å². The van der Waals surface area contributed by atoms with E-state index in [4.69, 9.17) is 5.73 Å². The van der Waals surface area contributed by atoms with E-state index < -0.39 is 0 Å². The zero-order valence-corrected chi connectivity index (χ0v) is 8.08. The Morgan fingerprint density at radius 2 is 2.33 bits per heavy atom. The fraction of sp³-hybridized carbons (Fsp3) is 1.00. The van der Waals surface area contributed by atoms with Crippen molar-refractivity contribution in [1.29, 1.82) is 0 Å². The molecule has 0 aromatic carbocycles. The van der Waals surface area contributed by atoms with Gasteiger partial charge in [-0.05, 0) is 26.4 Å². The lowest BCUT2D eigenvalue weighted by atomic mass is 9.77. The molecule has 2 atom stereocenters. The number of likely N-dealkylation sites (tertiary alicyclic amines) is 1. The van der Waals surface area contributed by atoms with Crippen LogP contribution in [0.2, 0.25) is 0 Å². The summed E-state index contributed by atoms with van der Waals surface area (Å²) in [5.74, 6) is 0. The molecule has 0 aromatic rings. The summed E-state index contributed by atoms with van der Waals surface area (Å²) in [4.78, 5) is 2.27. The second-order valence-corrected chi connectivity index (χ2v) is 4.25. The molecule has 3 N–H and O–H groups in total. The summed E-state index contributed by atoms with van der Waals surface area (Å²) in [5, 5.41) is 9.71. The van der Waals surface area contributed by atoms with E-state index in [1.165, 1.54) is 6.42 Å². The highest BCUT2D eigenvalue weighted by Gasteiger charge is 2.35. The summed E-state index contributed by atoms with van der Waals surface area (Å²) in [5.41, 5.74) is 5.48. The first kappa shape index (κ1) is 9.96. The van der Waals surface area contributed by atoms with E-state index in [-0.39, 0.29) is 11.5 Å². The number of piperidine rings is 1. The average molecular weight is 172 g/mol. The normalized spacial score (nSPS) is 35.0. The van der Waals surface area contributed by atoms with Crippen LogP contribution in [0.3, 0.4) is 0 Å². The summed E-state index contributed by atoms with van der Waals surface area (Å²) < 4.78 is 0. The molecule has 1 aliphatic rings. The minimum Gasteiger partial charge on any atom is -0.391 e. The highest BCUT2D eigenvalue weighted by molar-refractivity contribution is 4.88. The average Bonchev–Trinajstić information content (AvgIpc) is 2.02. The number of nitrogens with two attached hydrogens (primary N) is 1. The van der Waals surface area contributed by atoms with Crippen LogP contribution in [0, 0.1) is 5.41 Å². The second-order valence-electron chi connectivity index (χ2n) is 4.25. The van der Waals surface area contributed by atoms with Crippen LogP contribution in [0.1, 0.15) is 19.8 Å². The Bertz CT molecular complexity index is 151. The highest BCUT2D eigenvalue weighted by atomic mass is 16.3. The predicted molar refractivity (Wildman–Crippen MR) is 49.9 cm³/mol. The number of hydrogen-bond donors (Lipinski definition) is 2. The number of nitrogens with zero attached hydrogens (tertiary/aromatic N) is 1. The SMILES string of the molecule is CN1CCCC(C)(C(O)CN)C1. The van der Waals surface area contributed by atoms with Gasteiger partial charge in [-0.1, -0.05) is 6.92 Å². The van der Waals surface area contributed by atoms with Crippen LogP contribution in [-0.2, 0) is 0 Å². The van der Waals surface area contributed by atoms with Gasteiger partial charge in [0.2, 0.25) is 0 Å². The zero-order valence-electron chi connectivity index (χ0n) is 8.08. The molecule has 1 saturated heterocycles. The second kappa shape index (κ2) is 3.73. The molecule has 1 aliphatic heterocycles. The van der Waals surface area contributed by atoms with E-state index in [1.54, 1.807) is 0 Å². The van der Waals surface area contributed by atoms with Crippen molar-refractivity contribution >= 4 is 0 Å². The van der Waals surface area contributed by atoms with Gasteiger partial charge in [-0.3, -0.25) is 0 Å². The van der Waals surface area contributed by atoms with Crippen LogP contribution in [0.15, 0.2) is 0 Å². The molecule has 0 spiro atoms. The minimum atomic E-state index is -0.347. The third kappa shape index (κ3) is 1.97. The number of rotatable bonds is 2. The summed E-state index contributed by atoms with van der Waals surface area (Å²) in [6.07, 6.45) is 1.92. The van der Waals surface area contributed by atoms with Crippen molar-refractivity contribution in [2.45, 2.75) is 25.9 Å². The third-order valence-corrected chi connectivity index (χ3v) is 2.95. The number of aliphatic hydroxyl groups is 1. The Morgan fingerprint density at radius 3 is 2.83 bits per heavy atom. The summed E-state index contributed by atoms with van der Waals surface area (Å²) >= 11 is 0. The van der Waals surface area contributed by atoms with E-state index in [0.717, 1.165) is 19.5 Å². The predicted octanol–water partition coefficient (Wildman–Crippen LogP) is 0.0379. The Kier molecular flexibility index (Phi) is 3.09. The standard InChI is InChI=1S/C9H20N2O/c1-9(8(12)6-10)4-3-5-11(2)7-9/h8,12H,3-7,10H2,1-2H3. The lowest BCUT2D eigenvalue weighted by molar-refractivity contribution is -0.00708. The monoisotopic (exact) mass is 172 g/mol. The summed E-state index contributed by atoms with van der Waals surface area (Å²) in [6, 6.07) is 0. The van der Waals surface area contributed by atoms with Gasteiger partial charge in [0.25, 0.3) is 0 Å². The van der Waals surface area contributed by atoms with Crippen molar-refractivity contribution in [2.75, 3.05) is 26.7 Å². The Hall–Kier alpha value is -0.120. The lowest BCUT2D eigenvalue weighted by Gasteiger charge is -2.41. The van der Waals surface area contributed by atoms with Crippen LogP contribution >= 0.6 is 0 Å². The molecule has 0 bridgehead atoms. The first-order valence-corrected chi connectivity index (χ1v) is 4.65. The first-order chi connectivity index (χ1) is 5.58. The van der Waals surface area contributed by atoms with Crippen LogP contribution in [-0.4, -0.2) is 42.8 Å². The van der Waals surface area contributed by atoms with Crippen molar-refractivity contribution in [3.8, 4) is 0 Å². The molecule has 0 amide bonds. The Balaban J connectivity index is 2.56. The lowest BCUT2D eigenvalue weighted by Crippen LogP contribution is -2.48. The minimum absolute atomic E-state index is 0.0156.